The summed E-state index contributed by atoms with van der Waals surface area (Å²) in [7, 11) is 1.72. The second-order valence-corrected chi connectivity index (χ2v) is 8.02. The first-order chi connectivity index (χ1) is 15.5. The van der Waals surface area contributed by atoms with E-state index in [0.29, 0.717) is 22.5 Å². The zero-order chi connectivity index (χ0) is 22.7. The van der Waals surface area contributed by atoms with Crippen LogP contribution in [-0.4, -0.2) is 45.0 Å². The number of methoxy groups -OCH3 is 1. The Labute approximate surface area is 186 Å². The molecule has 0 spiro atoms. The van der Waals surface area contributed by atoms with Gasteiger partial charge in [-0.1, -0.05) is 6.07 Å². The number of aromatic hydroxyl groups is 1. The van der Waals surface area contributed by atoms with Crippen molar-refractivity contribution < 1.29 is 14.6 Å². The summed E-state index contributed by atoms with van der Waals surface area (Å²) in [6.07, 6.45) is 7.00. The van der Waals surface area contributed by atoms with Gasteiger partial charge in [-0.25, -0.2) is 4.98 Å². The Balaban J connectivity index is 1.48. The van der Waals surface area contributed by atoms with Crippen LogP contribution in [0.25, 0.3) is 16.9 Å². The molecule has 1 aliphatic carbocycles. The first kappa shape index (κ1) is 21.5. The molecular formula is C24H25N5O3. The van der Waals surface area contributed by atoms with Crippen LogP contribution in [0.15, 0.2) is 42.7 Å². The summed E-state index contributed by atoms with van der Waals surface area (Å²) in [5.41, 5.74) is 3.20. The van der Waals surface area contributed by atoms with Gasteiger partial charge in [0, 0.05) is 19.3 Å². The van der Waals surface area contributed by atoms with Gasteiger partial charge in [0.15, 0.2) is 5.82 Å². The lowest BCUT2D eigenvalue weighted by molar-refractivity contribution is 0.0599. The van der Waals surface area contributed by atoms with Gasteiger partial charge < -0.3 is 15.2 Å². The molecule has 8 nitrogen and oxygen atoms in total. The Hall–Kier alpha value is -3.70. The molecule has 2 N–H and O–H groups in total. The number of nitrogens with zero attached hydrogens (tertiary/aromatic N) is 4. The van der Waals surface area contributed by atoms with Crippen molar-refractivity contribution in [2.45, 2.75) is 44.8 Å². The summed E-state index contributed by atoms with van der Waals surface area (Å²) in [5.74, 6) is 0.179. The fourth-order valence-electron chi connectivity index (χ4n) is 4.09. The molecule has 0 bridgehead atoms. The van der Waals surface area contributed by atoms with Crippen LogP contribution in [0.5, 0.6) is 5.88 Å². The average Bonchev–Trinajstić information content (AvgIpc) is 3.20. The van der Waals surface area contributed by atoms with Gasteiger partial charge >= 0.3 is 0 Å². The van der Waals surface area contributed by atoms with Gasteiger partial charge in [0.25, 0.3) is 5.91 Å². The Morgan fingerprint density at radius 1 is 1.19 bits per heavy atom. The topological polar surface area (TPSA) is 113 Å². The summed E-state index contributed by atoms with van der Waals surface area (Å²) in [5, 5.41) is 27.1. The quantitative estimate of drug-likeness (QED) is 0.639. The van der Waals surface area contributed by atoms with Gasteiger partial charge in [0.1, 0.15) is 0 Å². The SMILES string of the molecule is CO[C@H]1CC[C@@H](NC(=O)c2ccc(-n3ncc(-c4ccc(C#N)cc4C)c3O)nc2)CC1. The summed E-state index contributed by atoms with van der Waals surface area (Å²) >= 11 is 0. The van der Waals surface area contributed by atoms with Crippen LogP contribution in [0.4, 0.5) is 0 Å². The molecule has 1 aromatic carbocycles. The summed E-state index contributed by atoms with van der Waals surface area (Å²) in [6, 6.07) is 10.8. The number of aryl methyl sites for hydroxylation is 1. The minimum atomic E-state index is -0.163. The van der Waals surface area contributed by atoms with Crippen LogP contribution >= 0.6 is 0 Å². The molecule has 2 heterocycles. The van der Waals surface area contributed by atoms with Gasteiger partial charge in [0.2, 0.25) is 5.88 Å². The van der Waals surface area contributed by atoms with Crippen molar-refractivity contribution in [3.8, 4) is 28.9 Å². The molecule has 1 saturated carbocycles. The molecule has 1 amide bonds. The number of carbonyl (C=O) groups excluding carboxylic acids is 1. The predicted molar refractivity (Wildman–Crippen MR) is 118 cm³/mol. The zero-order valence-corrected chi connectivity index (χ0v) is 18.1. The third-order valence-electron chi connectivity index (χ3n) is 5.96. The first-order valence-corrected chi connectivity index (χ1v) is 10.6. The largest absolute Gasteiger partial charge is 0.493 e. The number of amides is 1. The average molecular weight is 431 g/mol. The Kier molecular flexibility index (Phi) is 6.19. The van der Waals surface area contributed by atoms with Gasteiger partial charge in [-0.05, 0) is 68.0 Å². The van der Waals surface area contributed by atoms with Crippen molar-refractivity contribution in [3.05, 3.63) is 59.4 Å². The van der Waals surface area contributed by atoms with E-state index in [4.69, 9.17) is 10.00 Å². The second kappa shape index (κ2) is 9.20. The number of benzene rings is 1. The highest BCUT2D eigenvalue weighted by Crippen LogP contribution is 2.33. The van der Waals surface area contributed by atoms with Crippen molar-refractivity contribution in [3.63, 3.8) is 0 Å². The predicted octanol–water partition coefficient (Wildman–Crippen LogP) is 3.51. The highest BCUT2D eigenvalue weighted by atomic mass is 16.5. The number of nitrogens with one attached hydrogen (secondary N) is 1. The van der Waals surface area contributed by atoms with Crippen LogP contribution < -0.4 is 5.32 Å². The molecular weight excluding hydrogens is 406 g/mol. The monoisotopic (exact) mass is 431 g/mol. The molecule has 3 aromatic rings. The van der Waals surface area contributed by atoms with Crippen LogP contribution in [0, 0.1) is 18.3 Å². The maximum atomic E-state index is 12.6. The summed E-state index contributed by atoms with van der Waals surface area (Å²) in [4.78, 5) is 16.9. The summed E-state index contributed by atoms with van der Waals surface area (Å²) in [6.45, 7) is 1.88. The number of hydrogen-bond donors (Lipinski definition) is 2. The maximum Gasteiger partial charge on any atom is 0.253 e. The highest BCUT2D eigenvalue weighted by Gasteiger charge is 2.23. The maximum absolute atomic E-state index is 12.6. The minimum absolute atomic E-state index is 0.0580. The van der Waals surface area contributed by atoms with Crippen molar-refractivity contribution in [1.29, 1.82) is 5.26 Å². The van der Waals surface area contributed by atoms with E-state index in [2.05, 4.69) is 21.5 Å². The highest BCUT2D eigenvalue weighted by molar-refractivity contribution is 5.94. The number of aromatic nitrogens is 3. The van der Waals surface area contributed by atoms with Crippen LogP contribution in [0.1, 0.15) is 47.2 Å². The van der Waals surface area contributed by atoms with E-state index in [1.54, 1.807) is 43.6 Å². The standard InChI is InChI=1S/C24H25N5O3/c1-15-11-16(12-25)3-9-20(15)21-14-27-29(24(21)31)22-10-4-17(13-26-22)23(30)28-18-5-7-19(32-2)8-6-18/h3-4,9-11,13-14,18-19,31H,5-8H2,1-2H3,(H,28,30)/t18-,19+. The number of hydrogen-bond acceptors (Lipinski definition) is 6. The molecule has 0 aliphatic heterocycles. The molecule has 164 valence electrons. The van der Waals surface area contributed by atoms with E-state index < -0.39 is 0 Å². The van der Waals surface area contributed by atoms with Gasteiger partial charge in [-0.3, -0.25) is 4.79 Å². The number of ether oxygens (including phenoxy) is 1. The van der Waals surface area contributed by atoms with E-state index >= 15 is 0 Å². The fraction of sp³-hybridized carbons (Fsp3) is 0.333. The third-order valence-corrected chi connectivity index (χ3v) is 5.96. The molecule has 1 aliphatic rings. The molecule has 32 heavy (non-hydrogen) atoms. The lowest BCUT2D eigenvalue weighted by Gasteiger charge is -2.28. The number of nitriles is 1. The lowest BCUT2D eigenvalue weighted by atomic mass is 9.93. The van der Waals surface area contributed by atoms with Crippen LogP contribution in [0.2, 0.25) is 0 Å². The Morgan fingerprint density at radius 3 is 2.59 bits per heavy atom. The fourth-order valence-corrected chi connectivity index (χ4v) is 4.09. The smallest absolute Gasteiger partial charge is 0.253 e. The van der Waals surface area contributed by atoms with Crippen molar-refractivity contribution in [2.24, 2.45) is 0 Å². The number of carbonyl (C=O) groups is 1. The van der Waals surface area contributed by atoms with E-state index in [1.165, 1.54) is 10.9 Å². The Bertz CT molecular complexity index is 1160. The second-order valence-electron chi connectivity index (χ2n) is 8.02. The van der Waals surface area contributed by atoms with Crippen molar-refractivity contribution >= 4 is 5.91 Å². The van der Waals surface area contributed by atoms with E-state index in [1.807, 2.05) is 6.92 Å². The lowest BCUT2D eigenvalue weighted by Crippen LogP contribution is -2.38. The molecule has 0 unspecified atom stereocenters. The van der Waals surface area contributed by atoms with Gasteiger partial charge in [-0.15, -0.1) is 0 Å². The number of rotatable bonds is 5. The molecule has 1 fully saturated rings. The molecule has 0 radical (unpaired) electrons. The minimum Gasteiger partial charge on any atom is -0.493 e. The van der Waals surface area contributed by atoms with Gasteiger partial charge in [-0.2, -0.15) is 15.0 Å². The van der Waals surface area contributed by atoms with E-state index in [9.17, 15) is 9.90 Å². The van der Waals surface area contributed by atoms with Crippen LogP contribution in [0.3, 0.4) is 0 Å². The van der Waals surface area contributed by atoms with E-state index in [-0.39, 0.29) is 23.9 Å². The van der Waals surface area contributed by atoms with Crippen LogP contribution in [-0.2, 0) is 4.74 Å². The molecule has 0 saturated heterocycles. The van der Waals surface area contributed by atoms with Crippen molar-refractivity contribution in [1.82, 2.24) is 20.1 Å². The molecule has 0 atom stereocenters. The number of pyridine rings is 1. The summed E-state index contributed by atoms with van der Waals surface area (Å²) < 4.78 is 6.70. The third kappa shape index (κ3) is 4.34. The normalized spacial score (nSPS) is 18.2. The molecule has 2 aromatic heterocycles. The van der Waals surface area contributed by atoms with E-state index in [0.717, 1.165) is 36.8 Å². The van der Waals surface area contributed by atoms with Gasteiger partial charge in [0.05, 0.1) is 35.1 Å². The zero-order valence-electron chi connectivity index (χ0n) is 18.1. The molecule has 8 heteroatoms. The Morgan fingerprint density at radius 2 is 1.97 bits per heavy atom. The van der Waals surface area contributed by atoms with Crippen molar-refractivity contribution in [2.75, 3.05) is 7.11 Å². The first-order valence-electron chi connectivity index (χ1n) is 10.6. The molecule has 4 rings (SSSR count).